The molecule has 0 amide bonds. The second-order valence-corrected chi connectivity index (χ2v) is 5.85. The lowest BCUT2D eigenvalue weighted by Gasteiger charge is -2.59. The van der Waals surface area contributed by atoms with Gasteiger partial charge in [-0.1, -0.05) is 34.6 Å². The molecule has 0 radical (unpaired) electrons. The topological polar surface area (TPSA) is 12.0 Å². The zero-order valence-electron chi connectivity index (χ0n) is 10.1. The Hall–Kier alpha value is -0.0400. The highest BCUT2D eigenvalue weighted by Gasteiger charge is 2.53. The molecule has 13 heavy (non-hydrogen) atoms. The van der Waals surface area contributed by atoms with Crippen LogP contribution in [0.2, 0.25) is 0 Å². The molecule has 78 valence electrons. The maximum atomic E-state index is 3.44. The van der Waals surface area contributed by atoms with Crippen LogP contribution in [0.4, 0.5) is 0 Å². The molecule has 1 rings (SSSR count). The average Bonchev–Trinajstić information content (AvgIpc) is 1.99. The van der Waals surface area contributed by atoms with E-state index in [0.717, 1.165) is 12.0 Å². The molecule has 0 aromatic carbocycles. The maximum Gasteiger partial charge on any atom is 0.0124 e. The molecule has 1 fully saturated rings. The fraction of sp³-hybridized carbons (Fsp3) is 1.00. The van der Waals surface area contributed by atoms with Gasteiger partial charge in [-0.05, 0) is 36.6 Å². The summed E-state index contributed by atoms with van der Waals surface area (Å²) < 4.78 is 0. The van der Waals surface area contributed by atoms with Crippen LogP contribution in [0.25, 0.3) is 0 Å². The standard InChI is InChI=1S/C12H25N/c1-7-12(5)9(11(2,3)4)8-10(12)13-6/h9-10,13H,7-8H2,1-6H3. The SMILES string of the molecule is CCC1(C)C(NC)CC1C(C)(C)C. The van der Waals surface area contributed by atoms with Crippen LogP contribution in [0, 0.1) is 16.7 Å². The molecule has 1 aliphatic carbocycles. The summed E-state index contributed by atoms with van der Waals surface area (Å²) in [6.45, 7) is 11.9. The van der Waals surface area contributed by atoms with Gasteiger partial charge in [0.25, 0.3) is 0 Å². The Balaban J connectivity index is 2.74. The zero-order valence-corrected chi connectivity index (χ0v) is 10.1. The van der Waals surface area contributed by atoms with E-state index in [9.17, 15) is 0 Å². The molecule has 1 aliphatic rings. The van der Waals surface area contributed by atoms with Gasteiger partial charge in [0.05, 0.1) is 0 Å². The number of hydrogen-bond donors (Lipinski definition) is 1. The predicted molar refractivity (Wildman–Crippen MR) is 58.8 cm³/mol. The van der Waals surface area contributed by atoms with Crippen LogP contribution in [-0.4, -0.2) is 13.1 Å². The van der Waals surface area contributed by atoms with Crippen molar-refractivity contribution in [2.75, 3.05) is 7.05 Å². The molecule has 1 heteroatoms. The molecule has 0 heterocycles. The zero-order chi connectivity index (χ0) is 10.3. The average molecular weight is 183 g/mol. The molecule has 0 aromatic rings. The van der Waals surface area contributed by atoms with E-state index in [1.54, 1.807) is 0 Å². The van der Waals surface area contributed by atoms with Gasteiger partial charge in [0.15, 0.2) is 0 Å². The van der Waals surface area contributed by atoms with Gasteiger partial charge >= 0.3 is 0 Å². The van der Waals surface area contributed by atoms with Crippen LogP contribution in [0.3, 0.4) is 0 Å². The normalized spacial score (nSPS) is 40.2. The van der Waals surface area contributed by atoms with Crippen molar-refractivity contribution in [3.63, 3.8) is 0 Å². The molecule has 0 aromatic heterocycles. The molecule has 1 N–H and O–H groups in total. The third-order valence-corrected chi connectivity index (χ3v) is 4.22. The highest BCUT2D eigenvalue weighted by molar-refractivity contribution is 5.06. The molecule has 3 atom stereocenters. The molecular weight excluding hydrogens is 158 g/mol. The first kappa shape index (κ1) is 11.0. The summed E-state index contributed by atoms with van der Waals surface area (Å²) in [5.41, 5.74) is 0.991. The third-order valence-electron chi connectivity index (χ3n) is 4.22. The van der Waals surface area contributed by atoms with E-state index in [0.29, 0.717) is 10.8 Å². The molecule has 3 unspecified atom stereocenters. The van der Waals surface area contributed by atoms with Gasteiger partial charge in [-0.2, -0.15) is 0 Å². The number of rotatable bonds is 2. The maximum absolute atomic E-state index is 3.44. The Kier molecular flexibility index (Phi) is 2.78. The van der Waals surface area contributed by atoms with E-state index < -0.39 is 0 Å². The summed E-state index contributed by atoms with van der Waals surface area (Å²) in [6, 6.07) is 0.738. The van der Waals surface area contributed by atoms with Crippen molar-refractivity contribution in [1.29, 1.82) is 0 Å². The predicted octanol–water partition coefficient (Wildman–Crippen LogP) is 3.06. The van der Waals surface area contributed by atoms with Crippen molar-refractivity contribution in [3.05, 3.63) is 0 Å². The highest BCUT2D eigenvalue weighted by Crippen LogP contribution is 2.56. The van der Waals surface area contributed by atoms with E-state index in [1.807, 2.05) is 0 Å². The summed E-state index contributed by atoms with van der Waals surface area (Å²) in [6.07, 6.45) is 2.64. The van der Waals surface area contributed by atoms with Gasteiger partial charge in [0.1, 0.15) is 0 Å². The molecule has 0 saturated heterocycles. The fourth-order valence-corrected chi connectivity index (χ4v) is 3.14. The summed E-state index contributed by atoms with van der Waals surface area (Å²) in [7, 11) is 2.09. The van der Waals surface area contributed by atoms with E-state index in [-0.39, 0.29) is 0 Å². The minimum absolute atomic E-state index is 0.470. The summed E-state index contributed by atoms with van der Waals surface area (Å²) in [5, 5.41) is 3.44. The van der Waals surface area contributed by atoms with Crippen LogP contribution < -0.4 is 5.32 Å². The van der Waals surface area contributed by atoms with Gasteiger partial charge in [-0.15, -0.1) is 0 Å². The van der Waals surface area contributed by atoms with Crippen molar-refractivity contribution >= 4 is 0 Å². The lowest BCUT2D eigenvalue weighted by atomic mass is 9.49. The first-order chi connectivity index (χ1) is 5.86. The third kappa shape index (κ3) is 1.63. The first-order valence-corrected chi connectivity index (χ1v) is 5.53. The Morgan fingerprint density at radius 1 is 1.38 bits per heavy atom. The van der Waals surface area contributed by atoms with Crippen LogP contribution in [0.15, 0.2) is 0 Å². The number of nitrogens with one attached hydrogen (secondary N) is 1. The molecule has 1 saturated carbocycles. The van der Waals surface area contributed by atoms with Crippen LogP contribution in [-0.2, 0) is 0 Å². The van der Waals surface area contributed by atoms with Crippen molar-refractivity contribution in [2.45, 2.75) is 53.5 Å². The van der Waals surface area contributed by atoms with E-state index >= 15 is 0 Å². The molecular formula is C12H25N. The molecule has 1 nitrogen and oxygen atoms in total. The monoisotopic (exact) mass is 183 g/mol. The summed E-state index contributed by atoms with van der Waals surface area (Å²) in [4.78, 5) is 0. The van der Waals surface area contributed by atoms with Crippen molar-refractivity contribution < 1.29 is 0 Å². The van der Waals surface area contributed by atoms with Gasteiger partial charge in [-0.3, -0.25) is 0 Å². The Morgan fingerprint density at radius 2 is 1.92 bits per heavy atom. The summed E-state index contributed by atoms with van der Waals surface area (Å²) in [5.74, 6) is 0.877. The van der Waals surface area contributed by atoms with E-state index in [2.05, 4.69) is 47.0 Å². The molecule has 0 aliphatic heterocycles. The van der Waals surface area contributed by atoms with Gasteiger partial charge in [0, 0.05) is 6.04 Å². The van der Waals surface area contributed by atoms with Crippen LogP contribution in [0.1, 0.15) is 47.5 Å². The van der Waals surface area contributed by atoms with Crippen molar-refractivity contribution in [2.24, 2.45) is 16.7 Å². The van der Waals surface area contributed by atoms with E-state index in [4.69, 9.17) is 0 Å². The fourth-order valence-electron chi connectivity index (χ4n) is 3.14. The Bertz CT molecular complexity index is 180. The quantitative estimate of drug-likeness (QED) is 0.694. The second kappa shape index (κ2) is 3.27. The van der Waals surface area contributed by atoms with E-state index in [1.165, 1.54) is 12.8 Å². The molecule has 0 bridgehead atoms. The molecule has 0 spiro atoms. The van der Waals surface area contributed by atoms with Crippen LogP contribution in [0.5, 0.6) is 0 Å². The largest absolute Gasteiger partial charge is 0.316 e. The lowest BCUT2D eigenvalue weighted by molar-refractivity contribution is -0.0699. The van der Waals surface area contributed by atoms with Crippen LogP contribution >= 0.6 is 0 Å². The first-order valence-electron chi connectivity index (χ1n) is 5.53. The minimum atomic E-state index is 0.470. The Morgan fingerprint density at radius 3 is 2.23 bits per heavy atom. The van der Waals surface area contributed by atoms with Gasteiger partial charge < -0.3 is 5.32 Å². The minimum Gasteiger partial charge on any atom is -0.316 e. The number of hydrogen-bond acceptors (Lipinski definition) is 1. The second-order valence-electron chi connectivity index (χ2n) is 5.85. The van der Waals surface area contributed by atoms with Gasteiger partial charge in [-0.25, -0.2) is 0 Å². The lowest BCUT2D eigenvalue weighted by Crippen LogP contribution is -2.60. The highest BCUT2D eigenvalue weighted by atomic mass is 14.9. The summed E-state index contributed by atoms with van der Waals surface area (Å²) >= 11 is 0. The Labute approximate surface area is 83.3 Å². The van der Waals surface area contributed by atoms with Gasteiger partial charge in [0.2, 0.25) is 0 Å². The smallest absolute Gasteiger partial charge is 0.0124 e. The van der Waals surface area contributed by atoms with Crippen molar-refractivity contribution in [1.82, 2.24) is 5.32 Å². The van der Waals surface area contributed by atoms with Crippen molar-refractivity contribution in [3.8, 4) is 0 Å².